The average Bonchev–Trinajstić information content (AvgIpc) is 3.08. The molecule has 4 rings (SSSR count). The summed E-state index contributed by atoms with van der Waals surface area (Å²) in [6, 6.07) is 13.7. The number of aromatic nitrogens is 5. The van der Waals surface area contributed by atoms with Gasteiger partial charge in [0.2, 0.25) is 0 Å². The van der Waals surface area contributed by atoms with Crippen molar-refractivity contribution in [2.24, 2.45) is 0 Å². The van der Waals surface area contributed by atoms with Crippen molar-refractivity contribution in [3.8, 4) is 5.82 Å². The molecule has 2 aromatic carbocycles. The molecule has 128 valence electrons. The molecule has 0 fully saturated rings. The Balaban J connectivity index is 1.71. The van der Waals surface area contributed by atoms with Crippen molar-refractivity contribution >= 4 is 34.2 Å². The maximum absolute atomic E-state index is 10.9. The van der Waals surface area contributed by atoms with Gasteiger partial charge in [0.05, 0.1) is 11.1 Å². The summed E-state index contributed by atoms with van der Waals surface area (Å²) in [5.74, 6) is -0.200. The van der Waals surface area contributed by atoms with Crippen LogP contribution in [-0.2, 0) is 0 Å². The molecule has 2 heterocycles. The second-order valence-corrected chi connectivity index (χ2v) is 5.46. The van der Waals surface area contributed by atoms with Gasteiger partial charge in [-0.25, -0.2) is 14.8 Å². The third-order valence-electron chi connectivity index (χ3n) is 3.81. The number of benzene rings is 2. The van der Waals surface area contributed by atoms with Crippen LogP contribution in [0.2, 0.25) is 0 Å². The molecular weight excluding hydrogens is 334 g/mol. The Labute approximate surface area is 147 Å². The van der Waals surface area contributed by atoms with Gasteiger partial charge >= 0.3 is 5.97 Å². The quantitative estimate of drug-likeness (QED) is 0.512. The molecule has 9 heteroatoms. The predicted molar refractivity (Wildman–Crippen MR) is 95.6 cm³/mol. The van der Waals surface area contributed by atoms with Crippen LogP contribution >= 0.6 is 0 Å². The molecule has 0 bridgehead atoms. The summed E-state index contributed by atoms with van der Waals surface area (Å²) in [4.78, 5) is 19.3. The van der Waals surface area contributed by atoms with E-state index >= 15 is 0 Å². The molecule has 0 amide bonds. The third kappa shape index (κ3) is 2.67. The van der Waals surface area contributed by atoms with Crippen molar-refractivity contribution in [1.82, 2.24) is 25.0 Å². The third-order valence-corrected chi connectivity index (χ3v) is 3.81. The van der Waals surface area contributed by atoms with E-state index in [2.05, 4.69) is 25.6 Å². The van der Waals surface area contributed by atoms with E-state index in [1.807, 2.05) is 24.3 Å². The lowest BCUT2D eigenvalue weighted by molar-refractivity contribution is 0.0697. The molecule has 0 aliphatic rings. The van der Waals surface area contributed by atoms with Gasteiger partial charge in [0.15, 0.2) is 11.6 Å². The van der Waals surface area contributed by atoms with Crippen LogP contribution in [0.4, 0.5) is 17.2 Å². The highest BCUT2D eigenvalue weighted by Crippen LogP contribution is 2.26. The van der Waals surface area contributed by atoms with E-state index in [0.29, 0.717) is 23.0 Å². The van der Waals surface area contributed by atoms with Crippen molar-refractivity contribution in [2.45, 2.75) is 0 Å². The zero-order chi connectivity index (χ0) is 18.1. The second kappa shape index (κ2) is 6.13. The zero-order valence-electron chi connectivity index (χ0n) is 13.4. The lowest BCUT2D eigenvalue weighted by Crippen LogP contribution is -2.08. The lowest BCUT2D eigenvalue weighted by atomic mass is 10.2. The summed E-state index contributed by atoms with van der Waals surface area (Å²) in [5.41, 5.74) is 8.86. The fourth-order valence-electron chi connectivity index (χ4n) is 2.51. The molecule has 0 atom stereocenters. The predicted octanol–water partition coefficient (Wildman–Crippen LogP) is 2.23. The Morgan fingerprint density at radius 3 is 2.62 bits per heavy atom. The van der Waals surface area contributed by atoms with Gasteiger partial charge in [-0.15, -0.1) is 5.10 Å². The van der Waals surface area contributed by atoms with Gasteiger partial charge in [-0.1, -0.05) is 17.3 Å². The summed E-state index contributed by atoms with van der Waals surface area (Å²) < 4.78 is 1.55. The Kier molecular flexibility index (Phi) is 3.66. The number of fused-ring (bicyclic) bond motifs is 1. The fourth-order valence-corrected chi connectivity index (χ4v) is 2.51. The van der Waals surface area contributed by atoms with Gasteiger partial charge in [-0.05, 0) is 36.4 Å². The molecule has 0 aliphatic heterocycles. The van der Waals surface area contributed by atoms with E-state index in [1.165, 1.54) is 18.5 Å². The first-order valence-corrected chi connectivity index (χ1v) is 7.65. The van der Waals surface area contributed by atoms with Crippen molar-refractivity contribution < 1.29 is 9.90 Å². The molecule has 0 spiro atoms. The largest absolute Gasteiger partial charge is 0.478 e. The highest BCUT2D eigenvalue weighted by molar-refractivity contribution is 5.88. The van der Waals surface area contributed by atoms with Gasteiger partial charge < -0.3 is 16.2 Å². The van der Waals surface area contributed by atoms with E-state index in [-0.39, 0.29) is 5.56 Å². The lowest BCUT2D eigenvalue weighted by Gasteiger charge is -2.11. The second-order valence-electron chi connectivity index (χ2n) is 5.46. The Morgan fingerprint density at radius 1 is 1.08 bits per heavy atom. The first kappa shape index (κ1) is 15.5. The van der Waals surface area contributed by atoms with Crippen molar-refractivity contribution in [1.29, 1.82) is 0 Å². The SMILES string of the molecule is Nc1c(Nc2ccc(C(=O)O)cc2)ncnc1-n1nnc2ccccc21. The highest BCUT2D eigenvalue weighted by atomic mass is 16.4. The van der Waals surface area contributed by atoms with Crippen molar-refractivity contribution in [2.75, 3.05) is 11.1 Å². The van der Waals surface area contributed by atoms with E-state index in [9.17, 15) is 4.79 Å². The summed E-state index contributed by atoms with van der Waals surface area (Å²) in [7, 11) is 0. The first-order chi connectivity index (χ1) is 12.6. The first-order valence-electron chi connectivity index (χ1n) is 7.65. The highest BCUT2D eigenvalue weighted by Gasteiger charge is 2.14. The van der Waals surface area contributed by atoms with Crippen molar-refractivity contribution in [3.05, 3.63) is 60.4 Å². The Morgan fingerprint density at radius 2 is 1.85 bits per heavy atom. The molecule has 0 unspecified atom stereocenters. The maximum Gasteiger partial charge on any atom is 0.335 e. The van der Waals surface area contributed by atoms with Gasteiger partial charge in [-0.2, -0.15) is 4.68 Å². The summed E-state index contributed by atoms with van der Waals surface area (Å²) in [6.45, 7) is 0. The molecule has 0 aliphatic carbocycles. The van der Waals surface area contributed by atoms with Crippen LogP contribution in [0.1, 0.15) is 10.4 Å². The number of aromatic carboxylic acids is 1. The molecule has 9 nitrogen and oxygen atoms in total. The number of nitrogens with zero attached hydrogens (tertiary/aromatic N) is 5. The minimum Gasteiger partial charge on any atom is -0.478 e. The number of anilines is 3. The monoisotopic (exact) mass is 347 g/mol. The number of nitrogen functional groups attached to an aromatic ring is 1. The van der Waals surface area contributed by atoms with Crippen LogP contribution in [0.15, 0.2) is 54.9 Å². The molecule has 0 saturated heterocycles. The minimum atomic E-state index is -0.988. The molecule has 2 aromatic heterocycles. The Hall–Kier alpha value is -4.01. The molecule has 0 radical (unpaired) electrons. The molecule has 0 saturated carbocycles. The molecule has 4 N–H and O–H groups in total. The number of nitrogens with one attached hydrogen (secondary N) is 1. The van der Waals surface area contributed by atoms with Crippen LogP contribution in [0.25, 0.3) is 16.9 Å². The summed E-state index contributed by atoms with van der Waals surface area (Å²) in [6.07, 6.45) is 1.37. The maximum atomic E-state index is 10.9. The minimum absolute atomic E-state index is 0.195. The number of carboxylic acid groups (broad SMARTS) is 1. The van der Waals surface area contributed by atoms with E-state index in [1.54, 1.807) is 16.8 Å². The number of nitrogens with two attached hydrogens (primary N) is 1. The van der Waals surface area contributed by atoms with E-state index in [4.69, 9.17) is 10.8 Å². The van der Waals surface area contributed by atoms with Crippen molar-refractivity contribution in [3.63, 3.8) is 0 Å². The number of hydrogen-bond donors (Lipinski definition) is 3. The standard InChI is InChI=1S/C17H13N7O2/c18-14-15(21-11-7-5-10(6-8-11)17(25)26)19-9-20-16(14)24-13-4-2-1-3-12(13)22-23-24/h1-9H,18H2,(H,25,26)(H,19,20,21). The molecule has 4 aromatic rings. The van der Waals surface area contributed by atoms with Gasteiger partial charge in [0, 0.05) is 5.69 Å². The van der Waals surface area contributed by atoms with Crippen LogP contribution in [-0.4, -0.2) is 36.0 Å². The van der Waals surface area contributed by atoms with Gasteiger partial charge in [0.1, 0.15) is 17.5 Å². The normalized spacial score (nSPS) is 10.8. The Bertz CT molecular complexity index is 1110. The van der Waals surface area contributed by atoms with Crippen LogP contribution < -0.4 is 11.1 Å². The van der Waals surface area contributed by atoms with Crippen LogP contribution in [0, 0.1) is 0 Å². The fraction of sp³-hybridized carbons (Fsp3) is 0. The van der Waals surface area contributed by atoms with E-state index < -0.39 is 5.97 Å². The van der Waals surface area contributed by atoms with Gasteiger partial charge in [0.25, 0.3) is 0 Å². The number of carbonyl (C=O) groups is 1. The molecular formula is C17H13N7O2. The smallest absolute Gasteiger partial charge is 0.335 e. The van der Waals surface area contributed by atoms with Crippen LogP contribution in [0.5, 0.6) is 0 Å². The number of para-hydroxylation sites is 1. The summed E-state index contributed by atoms with van der Waals surface area (Å²) in [5, 5.41) is 20.2. The topological polar surface area (TPSA) is 132 Å². The average molecular weight is 347 g/mol. The van der Waals surface area contributed by atoms with E-state index in [0.717, 1.165) is 11.0 Å². The van der Waals surface area contributed by atoms with Crippen LogP contribution in [0.3, 0.4) is 0 Å². The molecule has 26 heavy (non-hydrogen) atoms. The van der Waals surface area contributed by atoms with Gasteiger partial charge in [-0.3, -0.25) is 0 Å². The number of rotatable bonds is 4. The summed E-state index contributed by atoms with van der Waals surface area (Å²) >= 11 is 0. The number of hydrogen-bond acceptors (Lipinski definition) is 7. The zero-order valence-corrected chi connectivity index (χ0v) is 13.4. The number of carboxylic acids is 1.